The first-order valence-electron chi connectivity index (χ1n) is 11.3. The third-order valence-corrected chi connectivity index (χ3v) is 5.94. The van der Waals surface area contributed by atoms with Gasteiger partial charge in [-0.2, -0.15) is 0 Å². The van der Waals surface area contributed by atoms with Crippen LogP contribution in [0.15, 0.2) is 103 Å². The van der Waals surface area contributed by atoms with E-state index in [1.807, 2.05) is 84.9 Å². The molecule has 0 unspecified atom stereocenters. The number of carbonyl (C=O) groups is 2. The summed E-state index contributed by atoms with van der Waals surface area (Å²) in [4.78, 5) is 26.0. The topological polar surface area (TPSA) is 67.4 Å². The second-order valence-electron chi connectivity index (χ2n) is 8.20. The Hall–Kier alpha value is -4.38. The quantitative estimate of drug-likeness (QED) is 0.387. The molecular formula is C29H24N2O3. The molecule has 0 saturated heterocycles. The SMILES string of the molecule is O=C(CC1c2ccccc2Oc2ccccc21)Nc1ccccc1C(=O)NCc1ccccc1. The molecule has 5 nitrogen and oxygen atoms in total. The molecule has 0 radical (unpaired) electrons. The summed E-state index contributed by atoms with van der Waals surface area (Å²) < 4.78 is 6.04. The molecule has 1 heterocycles. The molecule has 4 aromatic rings. The van der Waals surface area contributed by atoms with E-state index in [1.54, 1.807) is 18.2 Å². The van der Waals surface area contributed by atoms with Crippen LogP contribution in [0.2, 0.25) is 0 Å². The molecule has 0 spiro atoms. The van der Waals surface area contributed by atoms with Crippen molar-refractivity contribution in [2.75, 3.05) is 5.32 Å². The predicted molar refractivity (Wildman–Crippen MR) is 132 cm³/mol. The number of fused-ring (bicyclic) bond motifs is 2. The van der Waals surface area contributed by atoms with E-state index >= 15 is 0 Å². The van der Waals surface area contributed by atoms with Crippen molar-refractivity contribution in [3.8, 4) is 11.5 Å². The van der Waals surface area contributed by atoms with E-state index in [-0.39, 0.29) is 24.2 Å². The molecule has 0 fully saturated rings. The van der Waals surface area contributed by atoms with Crippen LogP contribution >= 0.6 is 0 Å². The number of hydrogen-bond acceptors (Lipinski definition) is 3. The number of rotatable bonds is 6. The molecule has 2 N–H and O–H groups in total. The van der Waals surface area contributed by atoms with Crippen molar-refractivity contribution < 1.29 is 14.3 Å². The van der Waals surface area contributed by atoms with Crippen molar-refractivity contribution in [2.45, 2.75) is 18.9 Å². The van der Waals surface area contributed by atoms with Crippen LogP contribution in [0.5, 0.6) is 11.5 Å². The van der Waals surface area contributed by atoms with E-state index in [4.69, 9.17) is 4.74 Å². The van der Waals surface area contributed by atoms with E-state index in [0.29, 0.717) is 17.8 Å². The second-order valence-corrected chi connectivity index (χ2v) is 8.20. The van der Waals surface area contributed by atoms with Gasteiger partial charge >= 0.3 is 0 Å². The van der Waals surface area contributed by atoms with Gasteiger partial charge in [0.15, 0.2) is 0 Å². The van der Waals surface area contributed by atoms with Gasteiger partial charge in [0.2, 0.25) is 5.91 Å². The third kappa shape index (κ3) is 4.55. The van der Waals surface area contributed by atoms with E-state index < -0.39 is 0 Å². The van der Waals surface area contributed by atoms with Gasteiger partial charge in [0.25, 0.3) is 5.91 Å². The molecule has 0 aliphatic carbocycles. The van der Waals surface area contributed by atoms with Crippen molar-refractivity contribution in [3.63, 3.8) is 0 Å². The fourth-order valence-corrected chi connectivity index (χ4v) is 4.28. The van der Waals surface area contributed by atoms with Gasteiger partial charge in [-0.25, -0.2) is 0 Å². The Bertz CT molecular complexity index is 1290. The van der Waals surface area contributed by atoms with Crippen LogP contribution in [0, 0.1) is 0 Å². The molecule has 0 saturated carbocycles. The number of hydrogen-bond donors (Lipinski definition) is 2. The lowest BCUT2D eigenvalue weighted by Gasteiger charge is -2.28. The first kappa shape index (κ1) is 21.5. The average molecular weight is 449 g/mol. The number of benzene rings is 4. The number of amides is 2. The van der Waals surface area contributed by atoms with Crippen molar-refractivity contribution in [1.29, 1.82) is 0 Å². The maximum Gasteiger partial charge on any atom is 0.253 e. The fraction of sp³-hybridized carbons (Fsp3) is 0.103. The van der Waals surface area contributed by atoms with Crippen LogP contribution in [-0.2, 0) is 11.3 Å². The highest BCUT2D eigenvalue weighted by atomic mass is 16.5. The summed E-state index contributed by atoms with van der Waals surface area (Å²) in [5.41, 5.74) is 3.89. The van der Waals surface area contributed by atoms with Gasteiger partial charge in [0.1, 0.15) is 11.5 Å². The Kier molecular flexibility index (Phi) is 6.08. The summed E-state index contributed by atoms with van der Waals surface area (Å²) in [6, 6.07) is 32.4. The van der Waals surface area contributed by atoms with Gasteiger partial charge in [-0.15, -0.1) is 0 Å². The van der Waals surface area contributed by atoms with E-state index in [1.165, 1.54) is 0 Å². The standard InChI is InChI=1S/C29H24N2O3/c32-28(18-24-21-12-5-8-16-26(21)34-27-17-9-6-13-22(24)27)31-25-15-7-4-14-23(25)29(33)30-19-20-10-2-1-3-11-20/h1-17,24H,18-19H2,(H,30,33)(H,31,32). The molecule has 5 heteroatoms. The summed E-state index contributed by atoms with van der Waals surface area (Å²) in [5.74, 6) is 0.987. The lowest BCUT2D eigenvalue weighted by Crippen LogP contribution is -2.25. The second kappa shape index (κ2) is 9.63. The molecule has 1 aliphatic rings. The Morgan fingerprint density at radius 2 is 1.29 bits per heavy atom. The molecule has 4 aromatic carbocycles. The van der Waals surface area contributed by atoms with Crippen molar-refractivity contribution in [1.82, 2.24) is 5.32 Å². The van der Waals surface area contributed by atoms with Crippen LogP contribution in [-0.4, -0.2) is 11.8 Å². The summed E-state index contributed by atoms with van der Waals surface area (Å²) in [7, 11) is 0. The van der Waals surface area contributed by atoms with Crippen LogP contribution in [0.1, 0.15) is 39.4 Å². The van der Waals surface area contributed by atoms with E-state index in [0.717, 1.165) is 28.2 Å². The molecule has 5 rings (SSSR count). The number of nitrogens with one attached hydrogen (secondary N) is 2. The lowest BCUT2D eigenvalue weighted by molar-refractivity contribution is -0.116. The lowest BCUT2D eigenvalue weighted by atomic mass is 9.85. The predicted octanol–water partition coefficient (Wildman–Crippen LogP) is 5.88. The molecule has 168 valence electrons. The minimum absolute atomic E-state index is 0.139. The smallest absolute Gasteiger partial charge is 0.253 e. The highest BCUT2D eigenvalue weighted by Crippen LogP contribution is 2.45. The Balaban J connectivity index is 1.33. The zero-order valence-electron chi connectivity index (χ0n) is 18.5. The summed E-state index contributed by atoms with van der Waals surface area (Å²) >= 11 is 0. The number of para-hydroxylation sites is 3. The van der Waals surface area contributed by atoms with Crippen LogP contribution in [0.3, 0.4) is 0 Å². The van der Waals surface area contributed by atoms with Crippen LogP contribution in [0.25, 0.3) is 0 Å². The normalized spacial score (nSPS) is 12.1. The summed E-state index contributed by atoms with van der Waals surface area (Å²) in [6.07, 6.45) is 0.233. The van der Waals surface area contributed by atoms with Gasteiger partial charge in [-0.05, 0) is 29.8 Å². The van der Waals surface area contributed by atoms with Gasteiger partial charge in [0, 0.05) is 30.0 Å². The number of carbonyl (C=O) groups excluding carboxylic acids is 2. The Labute approximate surface area is 198 Å². The average Bonchev–Trinajstić information content (AvgIpc) is 2.88. The minimum atomic E-state index is -0.235. The molecule has 34 heavy (non-hydrogen) atoms. The molecule has 2 amide bonds. The number of ether oxygens (including phenoxy) is 1. The highest BCUT2D eigenvalue weighted by molar-refractivity contribution is 6.04. The Morgan fingerprint density at radius 1 is 0.706 bits per heavy atom. The zero-order valence-corrected chi connectivity index (χ0v) is 18.5. The maximum absolute atomic E-state index is 13.2. The molecule has 0 bridgehead atoms. The minimum Gasteiger partial charge on any atom is -0.457 e. The van der Waals surface area contributed by atoms with Gasteiger partial charge < -0.3 is 15.4 Å². The van der Waals surface area contributed by atoms with Crippen molar-refractivity contribution in [3.05, 3.63) is 125 Å². The first-order chi connectivity index (χ1) is 16.7. The van der Waals surface area contributed by atoms with Gasteiger partial charge in [0.05, 0.1) is 11.3 Å². The zero-order chi connectivity index (χ0) is 23.3. The van der Waals surface area contributed by atoms with E-state index in [2.05, 4.69) is 10.6 Å². The van der Waals surface area contributed by atoms with E-state index in [9.17, 15) is 9.59 Å². The summed E-state index contributed by atoms with van der Waals surface area (Å²) in [5, 5.41) is 5.89. The largest absolute Gasteiger partial charge is 0.457 e. The van der Waals surface area contributed by atoms with Crippen molar-refractivity contribution in [2.24, 2.45) is 0 Å². The molecular weight excluding hydrogens is 424 g/mol. The van der Waals surface area contributed by atoms with Crippen molar-refractivity contribution >= 4 is 17.5 Å². The monoisotopic (exact) mass is 448 g/mol. The maximum atomic E-state index is 13.2. The van der Waals surface area contributed by atoms with Gasteiger partial charge in [-0.1, -0.05) is 78.9 Å². The van der Waals surface area contributed by atoms with Crippen LogP contribution in [0.4, 0.5) is 5.69 Å². The van der Waals surface area contributed by atoms with Crippen LogP contribution < -0.4 is 15.4 Å². The van der Waals surface area contributed by atoms with Gasteiger partial charge in [-0.3, -0.25) is 9.59 Å². The third-order valence-electron chi connectivity index (χ3n) is 5.94. The number of anilines is 1. The highest BCUT2D eigenvalue weighted by Gasteiger charge is 2.29. The molecule has 1 aliphatic heterocycles. The Morgan fingerprint density at radius 3 is 2.00 bits per heavy atom. The molecule has 0 aromatic heterocycles. The fourth-order valence-electron chi connectivity index (χ4n) is 4.28. The molecule has 0 atom stereocenters. The summed E-state index contributed by atoms with van der Waals surface area (Å²) in [6.45, 7) is 0.414. The first-order valence-corrected chi connectivity index (χ1v) is 11.3.